The highest BCUT2D eigenvalue weighted by molar-refractivity contribution is 6.28. The quantitative estimate of drug-likeness (QED) is 0.615. The molecule has 1 aromatic heterocycles. The summed E-state index contributed by atoms with van der Waals surface area (Å²) in [6.07, 6.45) is 0. The molecule has 0 N–H and O–H groups in total. The summed E-state index contributed by atoms with van der Waals surface area (Å²) in [7, 11) is 0. The SMILES string of the molecule is ClC[C@@H](Cl)Cn1c2ccccc2c2ccccc21. The average Bonchev–Trinajstić information content (AvgIpc) is 2.74. The summed E-state index contributed by atoms with van der Waals surface area (Å²) in [4.78, 5) is 0. The van der Waals surface area contributed by atoms with Crippen molar-refractivity contribution in [1.29, 1.82) is 0 Å². The highest BCUT2D eigenvalue weighted by Gasteiger charge is 2.12. The number of benzene rings is 2. The van der Waals surface area contributed by atoms with Gasteiger partial charge in [-0.2, -0.15) is 0 Å². The lowest BCUT2D eigenvalue weighted by atomic mass is 10.2. The minimum absolute atomic E-state index is 0.0501. The normalized spacial score (nSPS) is 13.2. The third-order valence-electron chi connectivity index (χ3n) is 3.23. The number of hydrogen-bond acceptors (Lipinski definition) is 0. The Bertz CT molecular complexity index is 634. The van der Waals surface area contributed by atoms with E-state index in [1.807, 2.05) is 0 Å². The summed E-state index contributed by atoms with van der Waals surface area (Å²) in [5, 5.41) is 2.49. The first-order valence-electron chi connectivity index (χ1n) is 5.97. The number of rotatable bonds is 3. The van der Waals surface area contributed by atoms with Crippen LogP contribution in [-0.2, 0) is 6.54 Å². The smallest absolute Gasteiger partial charge is 0.0650 e. The van der Waals surface area contributed by atoms with E-state index in [0.29, 0.717) is 5.88 Å². The van der Waals surface area contributed by atoms with Crippen molar-refractivity contribution < 1.29 is 0 Å². The molecule has 0 aliphatic heterocycles. The van der Waals surface area contributed by atoms with Crippen molar-refractivity contribution in [2.75, 3.05) is 5.88 Å². The molecule has 0 saturated carbocycles. The van der Waals surface area contributed by atoms with Crippen molar-refractivity contribution >= 4 is 45.0 Å². The van der Waals surface area contributed by atoms with Gasteiger partial charge in [-0.3, -0.25) is 0 Å². The van der Waals surface area contributed by atoms with Gasteiger partial charge in [-0.15, -0.1) is 23.2 Å². The van der Waals surface area contributed by atoms with E-state index in [-0.39, 0.29) is 5.38 Å². The zero-order chi connectivity index (χ0) is 12.5. The molecule has 0 amide bonds. The lowest BCUT2D eigenvalue weighted by Gasteiger charge is -2.10. The Kier molecular flexibility index (Phi) is 3.19. The molecule has 3 rings (SSSR count). The second-order valence-corrected chi connectivity index (χ2v) is 5.32. The molecular weight excluding hydrogens is 265 g/mol. The minimum atomic E-state index is -0.0501. The molecular formula is C15H13Cl2N. The molecule has 0 fully saturated rings. The fraction of sp³-hybridized carbons (Fsp3) is 0.200. The van der Waals surface area contributed by atoms with Gasteiger partial charge in [-0.25, -0.2) is 0 Å². The van der Waals surface area contributed by atoms with Gasteiger partial charge < -0.3 is 4.57 Å². The van der Waals surface area contributed by atoms with Crippen molar-refractivity contribution in [3.8, 4) is 0 Å². The van der Waals surface area contributed by atoms with E-state index in [4.69, 9.17) is 23.2 Å². The number of hydrogen-bond donors (Lipinski definition) is 0. The summed E-state index contributed by atoms with van der Waals surface area (Å²) >= 11 is 12.0. The number of halogens is 2. The second-order valence-electron chi connectivity index (χ2n) is 4.40. The largest absolute Gasteiger partial charge is 0.339 e. The van der Waals surface area contributed by atoms with E-state index >= 15 is 0 Å². The topological polar surface area (TPSA) is 4.93 Å². The minimum Gasteiger partial charge on any atom is -0.339 e. The first-order valence-corrected chi connectivity index (χ1v) is 6.94. The summed E-state index contributed by atoms with van der Waals surface area (Å²) in [5.74, 6) is 0.461. The zero-order valence-corrected chi connectivity index (χ0v) is 11.3. The molecule has 18 heavy (non-hydrogen) atoms. The van der Waals surface area contributed by atoms with Crippen molar-refractivity contribution in [2.45, 2.75) is 11.9 Å². The van der Waals surface area contributed by atoms with Crippen LogP contribution in [0.5, 0.6) is 0 Å². The van der Waals surface area contributed by atoms with Crippen LogP contribution in [0, 0.1) is 0 Å². The molecule has 0 unspecified atom stereocenters. The molecule has 1 nitrogen and oxygen atoms in total. The van der Waals surface area contributed by atoms with Crippen LogP contribution in [0.15, 0.2) is 48.5 Å². The first kappa shape index (κ1) is 11.9. The summed E-state index contributed by atoms with van der Waals surface area (Å²) in [5.41, 5.74) is 2.43. The molecule has 1 atom stereocenters. The fourth-order valence-corrected chi connectivity index (χ4v) is 2.68. The van der Waals surface area contributed by atoms with Crippen molar-refractivity contribution in [3.05, 3.63) is 48.5 Å². The van der Waals surface area contributed by atoms with Gasteiger partial charge in [-0.1, -0.05) is 36.4 Å². The predicted octanol–water partition coefficient (Wildman–Crippen LogP) is 4.64. The first-order chi connectivity index (χ1) is 8.81. The van der Waals surface area contributed by atoms with Gasteiger partial charge in [-0.05, 0) is 12.1 Å². The predicted molar refractivity (Wildman–Crippen MR) is 79.8 cm³/mol. The second kappa shape index (κ2) is 4.83. The Morgan fingerprint density at radius 3 is 1.89 bits per heavy atom. The Labute approximate surface area is 116 Å². The molecule has 2 aromatic carbocycles. The molecule has 3 heteroatoms. The van der Waals surface area contributed by atoms with Gasteiger partial charge in [0, 0.05) is 34.2 Å². The van der Waals surface area contributed by atoms with Crippen LogP contribution in [-0.4, -0.2) is 15.8 Å². The van der Waals surface area contributed by atoms with Crippen molar-refractivity contribution in [1.82, 2.24) is 4.57 Å². The van der Waals surface area contributed by atoms with Gasteiger partial charge >= 0.3 is 0 Å². The Balaban J connectivity index is 2.31. The van der Waals surface area contributed by atoms with Gasteiger partial charge in [0.25, 0.3) is 0 Å². The van der Waals surface area contributed by atoms with Crippen LogP contribution < -0.4 is 0 Å². The van der Waals surface area contributed by atoms with Crippen LogP contribution in [0.4, 0.5) is 0 Å². The maximum absolute atomic E-state index is 6.20. The Hall–Kier alpha value is -1.18. The van der Waals surface area contributed by atoms with E-state index in [0.717, 1.165) is 6.54 Å². The molecule has 0 aliphatic rings. The number of fused-ring (bicyclic) bond motifs is 3. The van der Waals surface area contributed by atoms with Crippen LogP contribution in [0.2, 0.25) is 0 Å². The van der Waals surface area contributed by atoms with Gasteiger partial charge in [0.2, 0.25) is 0 Å². The number of alkyl halides is 2. The fourth-order valence-electron chi connectivity index (χ4n) is 2.45. The van der Waals surface area contributed by atoms with Crippen LogP contribution >= 0.6 is 23.2 Å². The molecule has 92 valence electrons. The summed E-state index contributed by atoms with van der Waals surface area (Å²) < 4.78 is 2.25. The molecule has 1 heterocycles. The van der Waals surface area contributed by atoms with Crippen LogP contribution in [0.25, 0.3) is 21.8 Å². The monoisotopic (exact) mass is 277 g/mol. The summed E-state index contributed by atoms with van der Waals surface area (Å²) in [6, 6.07) is 16.8. The number of nitrogens with zero attached hydrogens (tertiary/aromatic N) is 1. The molecule has 0 radical (unpaired) electrons. The average molecular weight is 278 g/mol. The molecule has 0 spiro atoms. The van der Waals surface area contributed by atoms with E-state index < -0.39 is 0 Å². The standard InChI is InChI=1S/C15H13Cl2N/c16-9-11(17)10-18-14-7-3-1-5-12(14)13-6-2-4-8-15(13)18/h1-8,11H,9-10H2/t11-/m1/s1. The summed E-state index contributed by atoms with van der Waals surface area (Å²) in [6.45, 7) is 0.735. The van der Waals surface area contributed by atoms with Crippen LogP contribution in [0.1, 0.15) is 0 Å². The van der Waals surface area contributed by atoms with Gasteiger partial charge in [0.05, 0.1) is 5.38 Å². The van der Waals surface area contributed by atoms with Crippen molar-refractivity contribution in [2.24, 2.45) is 0 Å². The maximum Gasteiger partial charge on any atom is 0.0650 e. The third-order valence-corrected chi connectivity index (χ3v) is 4.05. The molecule has 0 bridgehead atoms. The molecule has 0 saturated heterocycles. The van der Waals surface area contributed by atoms with Gasteiger partial charge in [0.15, 0.2) is 0 Å². The van der Waals surface area contributed by atoms with Gasteiger partial charge in [0.1, 0.15) is 0 Å². The highest BCUT2D eigenvalue weighted by atomic mass is 35.5. The maximum atomic E-state index is 6.20. The van der Waals surface area contributed by atoms with Crippen LogP contribution in [0.3, 0.4) is 0 Å². The van der Waals surface area contributed by atoms with E-state index in [1.54, 1.807) is 0 Å². The number of aromatic nitrogens is 1. The van der Waals surface area contributed by atoms with E-state index in [9.17, 15) is 0 Å². The number of para-hydroxylation sites is 2. The lowest BCUT2D eigenvalue weighted by Crippen LogP contribution is -2.11. The lowest BCUT2D eigenvalue weighted by molar-refractivity contribution is 0.735. The van der Waals surface area contributed by atoms with E-state index in [1.165, 1.54) is 21.8 Å². The third kappa shape index (κ3) is 1.88. The Morgan fingerprint density at radius 1 is 0.889 bits per heavy atom. The van der Waals surface area contributed by atoms with Crippen molar-refractivity contribution in [3.63, 3.8) is 0 Å². The molecule has 0 aliphatic carbocycles. The highest BCUT2D eigenvalue weighted by Crippen LogP contribution is 2.29. The zero-order valence-electron chi connectivity index (χ0n) is 9.81. The molecule has 3 aromatic rings. The Morgan fingerprint density at radius 2 is 1.39 bits per heavy atom. The van der Waals surface area contributed by atoms with E-state index in [2.05, 4.69) is 53.1 Å².